The van der Waals surface area contributed by atoms with Crippen LogP contribution in [0.2, 0.25) is 0 Å². The van der Waals surface area contributed by atoms with Crippen LogP contribution in [0.4, 0.5) is 4.39 Å². The first-order valence-corrected chi connectivity index (χ1v) is 5.20. The lowest BCUT2D eigenvalue weighted by atomic mass is 9.86. The summed E-state index contributed by atoms with van der Waals surface area (Å²) in [5, 5.41) is 18.4. The fourth-order valence-corrected chi connectivity index (χ4v) is 1.91. The lowest BCUT2D eigenvalue weighted by Gasteiger charge is -2.40. The normalized spacial score (nSPS) is 24.1. The van der Waals surface area contributed by atoms with Crippen molar-refractivity contribution in [3.05, 3.63) is 0 Å². The number of carboxylic acid groups (broad SMARTS) is 1. The van der Waals surface area contributed by atoms with Crippen LogP contribution < -0.4 is 0 Å². The number of likely N-dealkylation sites (tertiary alicyclic amines) is 1. The van der Waals surface area contributed by atoms with E-state index < -0.39 is 17.7 Å². The average molecular weight is 219 g/mol. The van der Waals surface area contributed by atoms with Crippen molar-refractivity contribution in [2.75, 3.05) is 13.1 Å². The molecule has 0 bridgehead atoms. The molecule has 5 heteroatoms. The number of hydrogen-bond donors (Lipinski definition) is 2. The Morgan fingerprint density at radius 2 is 1.87 bits per heavy atom. The van der Waals surface area contributed by atoms with Crippen LogP contribution in [0.3, 0.4) is 0 Å². The summed E-state index contributed by atoms with van der Waals surface area (Å²) in [7, 11) is 0. The summed E-state index contributed by atoms with van der Waals surface area (Å²) < 4.78 is 13.3. The molecule has 0 spiro atoms. The van der Waals surface area contributed by atoms with Crippen LogP contribution in [-0.4, -0.2) is 52.0 Å². The van der Waals surface area contributed by atoms with Crippen molar-refractivity contribution >= 4 is 5.97 Å². The van der Waals surface area contributed by atoms with Crippen molar-refractivity contribution in [3.8, 4) is 0 Å². The van der Waals surface area contributed by atoms with Gasteiger partial charge in [-0.1, -0.05) is 0 Å². The third kappa shape index (κ3) is 2.66. The third-order valence-electron chi connectivity index (χ3n) is 3.08. The van der Waals surface area contributed by atoms with Gasteiger partial charge in [-0.3, -0.25) is 0 Å². The van der Waals surface area contributed by atoms with Crippen LogP contribution in [0.1, 0.15) is 26.7 Å². The van der Waals surface area contributed by atoms with Gasteiger partial charge in [-0.25, -0.2) is 9.18 Å². The predicted molar refractivity (Wildman–Crippen MR) is 53.4 cm³/mol. The average Bonchev–Trinajstić information content (AvgIpc) is 2.17. The van der Waals surface area contributed by atoms with E-state index in [1.54, 1.807) is 0 Å². The van der Waals surface area contributed by atoms with E-state index in [1.165, 1.54) is 0 Å². The Morgan fingerprint density at radius 1 is 1.40 bits per heavy atom. The molecule has 0 aliphatic carbocycles. The van der Waals surface area contributed by atoms with Gasteiger partial charge in [-0.15, -0.1) is 0 Å². The van der Waals surface area contributed by atoms with Crippen LogP contribution >= 0.6 is 0 Å². The van der Waals surface area contributed by atoms with Gasteiger partial charge in [0.2, 0.25) is 6.17 Å². The van der Waals surface area contributed by atoms with E-state index in [-0.39, 0.29) is 12.8 Å². The van der Waals surface area contributed by atoms with Gasteiger partial charge < -0.3 is 15.1 Å². The number of carboxylic acids is 1. The Hall–Kier alpha value is -0.680. The fraction of sp³-hybridized carbons (Fsp3) is 0.900. The molecule has 0 amide bonds. The number of aliphatic hydroxyl groups is 1. The molecular formula is C10H18FNO3. The molecule has 1 saturated heterocycles. The summed E-state index contributed by atoms with van der Waals surface area (Å²) in [6.45, 7) is 5.13. The van der Waals surface area contributed by atoms with E-state index in [2.05, 4.69) is 4.90 Å². The first-order valence-electron chi connectivity index (χ1n) is 5.20. The molecule has 0 aromatic rings. The van der Waals surface area contributed by atoms with Crippen molar-refractivity contribution in [1.29, 1.82) is 0 Å². The van der Waals surface area contributed by atoms with Gasteiger partial charge in [-0.05, 0) is 26.7 Å². The van der Waals surface area contributed by atoms with Gasteiger partial charge in [-0.2, -0.15) is 0 Å². The molecule has 88 valence electrons. The minimum Gasteiger partial charge on any atom is -0.479 e. The van der Waals surface area contributed by atoms with E-state index in [4.69, 9.17) is 5.11 Å². The molecule has 1 unspecified atom stereocenters. The zero-order valence-electron chi connectivity index (χ0n) is 9.11. The molecule has 4 nitrogen and oxygen atoms in total. The molecule has 1 aliphatic heterocycles. The van der Waals surface area contributed by atoms with Gasteiger partial charge in [0.25, 0.3) is 0 Å². The Labute approximate surface area is 88.7 Å². The van der Waals surface area contributed by atoms with Crippen molar-refractivity contribution in [2.24, 2.45) is 0 Å². The van der Waals surface area contributed by atoms with Crippen LogP contribution in [0.5, 0.6) is 0 Å². The molecule has 0 radical (unpaired) electrons. The molecular weight excluding hydrogens is 201 g/mol. The highest BCUT2D eigenvalue weighted by Crippen LogP contribution is 2.28. The third-order valence-corrected chi connectivity index (χ3v) is 3.08. The summed E-state index contributed by atoms with van der Waals surface area (Å²) in [4.78, 5) is 12.6. The number of rotatable bonds is 3. The summed E-state index contributed by atoms with van der Waals surface area (Å²) in [5.74, 6) is -1.57. The standard InChI is InChI=1S/C10H18FNO3/c1-7(2)12-5-3-10(15,4-6-12)8(11)9(13)14/h7-8,15H,3-6H2,1-2H3,(H,13,14). The van der Waals surface area contributed by atoms with E-state index in [9.17, 15) is 14.3 Å². The maximum atomic E-state index is 13.3. The molecule has 1 atom stereocenters. The van der Waals surface area contributed by atoms with Crippen molar-refractivity contribution in [1.82, 2.24) is 4.90 Å². The predicted octanol–water partition coefficient (Wildman–Crippen LogP) is 0.644. The number of carbonyl (C=O) groups is 1. The molecule has 2 N–H and O–H groups in total. The fourth-order valence-electron chi connectivity index (χ4n) is 1.91. The van der Waals surface area contributed by atoms with Gasteiger partial charge in [0.15, 0.2) is 0 Å². The Morgan fingerprint density at radius 3 is 2.20 bits per heavy atom. The van der Waals surface area contributed by atoms with E-state index >= 15 is 0 Å². The van der Waals surface area contributed by atoms with Crippen LogP contribution in [0.15, 0.2) is 0 Å². The summed E-state index contributed by atoms with van der Waals surface area (Å²) in [5.41, 5.74) is -1.68. The minimum atomic E-state index is -2.17. The highest BCUT2D eigenvalue weighted by atomic mass is 19.1. The van der Waals surface area contributed by atoms with Crippen LogP contribution in [0.25, 0.3) is 0 Å². The zero-order valence-corrected chi connectivity index (χ0v) is 9.11. The summed E-state index contributed by atoms with van der Waals surface area (Å²) in [6, 6.07) is 0.345. The molecule has 15 heavy (non-hydrogen) atoms. The maximum Gasteiger partial charge on any atom is 0.341 e. The van der Waals surface area contributed by atoms with Gasteiger partial charge in [0.1, 0.15) is 5.60 Å². The van der Waals surface area contributed by atoms with Crippen molar-refractivity contribution in [2.45, 2.75) is 44.5 Å². The highest BCUT2D eigenvalue weighted by molar-refractivity contribution is 5.73. The lowest BCUT2D eigenvalue weighted by molar-refractivity contribution is -0.159. The second-order valence-electron chi connectivity index (χ2n) is 4.43. The van der Waals surface area contributed by atoms with E-state index in [0.29, 0.717) is 19.1 Å². The van der Waals surface area contributed by atoms with Crippen LogP contribution in [-0.2, 0) is 4.79 Å². The van der Waals surface area contributed by atoms with Crippen molar-refractivity contribution < 1.29 is 19.4 Å². The number of halogens is 1. The minimum absolute atomic E-state index is 0.179. The monoisotopic (exact) mass is 219 g/mol. The number of piperidine rings is 1. The number of aliphatic carboxylic acids is 1. The molecule has 1 rings (SSSR count). The molecule has 1 heterocycles. The second-order valence-corrected chi connectivity index (χ2v) is 4.43. The number of hydrogen-bond acceptors (Lipinski definition) is 3. The second kappa shape index (κ2) is 4.45. The molecule has 1 aliphatic rings. The van der Waals surface area contributed by atoms with Gasteiger partial charge in [0, 0.05) is 19.1 Å². The van der Waals surface area contributed by atoms with Crippen molar-refractivity contribution in [3.63, 3.8) is 0 Å². The first kappa shape index (κ1) is 12.4. The first-order chi connectivity index (χ1) is 6.87. The number of alkyl halides is 1. The van der Waals surface area contributed by atoms with E-state index in [1.807, 2.05) is 13.8 Å². The summed E-state index contributed by atoms with van der Waals surface area (Å²) >= 11 is 0. The largest absolute Gasteiger partial charge is 0.479 e. The van der Waals surface area contributed by atoms with Gasteiger partial charge in [0.05, 0.1) is 0 Å². The quantitative estimate of drug-likeness (QED) is 0.731. The maximum absolute atomic E-state index is 13.3. The molecule has 0 aromatic heterocycles. The van der Waals surface area contributed by atoms with E-state index in [0.717, 1.165) is 0 Å². The Kier molecular flexibility index (Phi) is 3.67. The topological polar surface area (TPSA) is 60.8 Å². The molecule has 0 aromatic carbocycles. The lowest BCUT2D eigenvalue weighted by Crippen LogP contribution is -2.53. The SMILES string of the molecule is CC(C)N1CCC(O)(C(F)C(=O)O)CC1. The van der Waals surface area contributed by atoms with Gasteiger partial charge >= 0.3 is 5.97 Å². The Balaban J connectivity index is 2.58. The Bertz CT molecular complexity index is 237. The number of nitrogens with zero attached hydrogens (tertiary/aromatic N) is 1. The molecule has 0 saturated carbocycles. The molecule has 1 fully saturated rings. The zero-order chi connectivity index (χ0) is 11.6. The highest BCUT2D eigenvalue weighted by Gasteiger charge is 2.44. The summed E-state index contributed by atoms with van der Waals surface area (Å²) in [6.07, 6.45) is -1.82. The van der Waals surface area contributed by atoms with Crippen LogP contribution in [0, 0.1) is 0 Å². The smallest absolute Gasteiger partial charge is 0.341 e.